The van der Waals surface area contributed by atoms with Gasteiger partial charge in [0.15, 0.2) is 0 Å². The van der Waals surface area contributed by atoms with E-state index in [2.05, 4.69) is 24.1 Å². The van der Waals surface area contributed by atoms with Gasteiger partial charge in [-0.2, -0.15) is 0 Å². The van der Waals surface area contributed by atoms with Gasteiger partial charge in [0.05, 0.1) is 0 Å². The molecule has 1 aromatic rings. The molecule has 20 heavy (non-hydrogen) atoms. The average molecular weight is 275 g/mol. The first kappa shape index (κ1) is 14.7. The van der Waals surface area contributed by atoms with Gasteiger partial charge in [0.25, 0.3) is 0 Å². The molecule has 4 heteroatoms. The molecule has 0 saturated carbocycles. The van der Waals surface area contributed by atoms with E-state index in [4.69, 9.17) is 0 Å². The highest BCUT2D eigenvalue weighted by atomic mass is 16.2. The quantitative estimate of drug-likeness (QED) is 0.898. The lowest BCUT2D eigenvalue weighted by Gasteiger charge is -2.31. The van der Waals surface area contributed by atoms with Crippen LogP contribution in [0.5, 0.6) is 0 Å². The number of rotatable bonds is 2. The number of hydrogen-bond donors (Lipinski definition) is 1. The minimum absolute atomic E-state index is 0.0186. The molecule has 0 aromatic heterocycles. The minimum atomic E-state index is 0.0186. The molecule has 1 aromatic carbocycles. The van der Waals surface area contributed by atoms with Gasteiger partial charge in [-0.05, 0) is 43.4 Å². The van der Waals surface area contributed by atoms with Gasteiger partial charge < -0.3 is 15.1 Å². The van der Waals surface area contributed by atoms with Crippen molar-refractivity contribution in [2.24, 2.45) is 5.92 Å². The smallest absolute Gasteiger partial charge is 0.321 e. The SMILES string of the molecule is Cc1ccc(NC(=O)N2CCCC(C)C2)cc1N(C)C. The number of carbonyl (C=O) groups is 1. The number of amides is 2. The summed E-state index contributed by atoms with van der Waals surface area (Å²) in [7, 11) is 4.03. The zero-order chi connectivity index (χ0) is 14.7. The Bertz CT molecular complexity index is 485. The van der Waals surface area contributed by atoms with Crippen LogP contribution in [0, 0.1) is 12.8 Å². The molecule has 1 unspecified atom stereocenters. The number of piperidine rings is 1. The Kier molecular flexibility index (Phi) is 4.53. The average Bonchev–Trinajstić information content (AvgIpc) is 2.40. The van der Waals surface area contributed by atoms with Gasteiger partial charge in [0.1, 0.15) is 0 Å². The van der Waals surface area contributed by atoms with E-state index in [1.54, 1.807) is 0 Å². The lowest BCUT2D eigenvalue weighted by molar-refractivity contribution is 0.182. The monoisotopic (exact) mass is 275 g/mol. The number of nitrogens with one attached hydrogen (secondary N) is 1. The summed E-state index contributed by atoms with van der Waals surface area (Å²) in [5.41, 5.74) is 3.21. The van der Waals surface area contributed by atoms with E-state index in [9.17, 15) is 4.79 Å². The molecule has 110 valence electrons. The van der Waals surface area contributed by atoms with Crippen LogP contribution in [0.1, 0.15) is 25.3 Å². The van der Waals surface area contributed by atoms with Gasteiger partial charge in [0.2, 0.25) is 0 Å². The number of benzene rings is 1. The van der Waals surface area contributed by atoms with Gasteiger partial charge in [-0.1, -0.05) is 13.0 Å². The number of likely N-dealkylation sites (tertiary alicyclic amines) is 1. The standard InChI is InChI=1S/C16H25N3O/c1-12-6-5-9-19(11-12)16(20)17-14-8-7-13(2)15(10-14)18(3)4/h7-8,10,12H,5-6,9,11H2,1-4H3,(H,17,20). The maximum atomic E-state index is 12.3. The maximum absolute atomic E-state index is 12.3. The second kappa shape index (κ2) is 6.16. The molecule has 1 N–H and O–H groups in total. The number of nitrogens with zero attached hydrogens (tertiary/aromatic N) is 2. The third kappa shape index (κ3) is 3.44. The minimum Gasteiger partial charge on any atom is -0.377 e. The molecule has 1 aliphatic heterocycles. The van der Waals surface area contributed by atoms with Crippen LogP contribution in [0.25, 0.3) is 0 Å². The van der Waals surface area contributed by atoms with Crippen LogP contribution in [0.15, 0.2) is 18.2 Å². The fraction of sp³-hybridized carbons (Fsp3) is 0.562. The van der Waals surface area contributed by atoms with Crippen molar-refractivity contribution in [3.63, 3.8) is 0 Å². The zero-order valence-corrected chi connectivity index (χ0v) is 12.9. The van der Waals surface area contributed by atoms with Crippen LogP contribution in [0.2, 0.25) is 0 Å². The highest BCUT2D eigenvalue weighted by molar-refractivity contribution is 5.90. The number of aryl methyl sites for hydroxylation is 1. The highest BCUT2D eigenvalue weighted by Gasteiger charge is 2.20. The van der Waals surface area contributed by atoms with Crippen molar-refractivity contribution in [1.29, 1.82) is 0 Å². The number of anilines is 2. The van der Waals surface area contributed by atoms with Crippen molar-refractivity contribution in [3.05, 3.63) is 23.8 Å². The van der Waals surface area contributed by atoms with E-state index in [-0.39, 0.29) is 6.03 Å². The maximum Gasteiger partial charge on any atom is 0.321 e. The molecule has 0 radical (unpaired) electrons. The summed E-state index contributed by atoms with van der Waals surface area (Å²) >= 11 is 0. The fourth-order valence-electron chi connectivity index (χ4n) is 2.75. The van der Waals surface area contributed by atoms with Crippen molar-refractivity contribution in [1.82, 2.24) is 4.90 Å². The summed E-state index contributed by atoms with van der Waals surface area (Å²) in [6.45, 7) is 6.00. The summed E-state index contributed by atoms with van der Waals surface area (Å²) in [6.07, 6.45) is 2.32. The molecular weight excluding hydrogens is 250 g/mol. The predicted molar refractivity (Wildman–Crippen MR) is 84.5 cm³/mol. The molecule has 1 aliphatic rings. The molecule has 0 bridgehead atoms. The highest BCUT2D eigenvalue weighted by Crippen LogP contribution is 2.23. The molecule has 0 spiro atoms. The topological polar surface area (TPSA) is 35.6 Å². The molecule has 2 amide bonds. The lowest BCUT2D eigenvalue weighted by Crippen LogP contribution is -2.41. The molecule has 0 aliphatic carbocycles. The predicted octanol–water partition coefficient (Wildman–Crippen LogP) is 3.32. The van der Waals surface area contributed by atoms with Crippen molar-refractivity contribution < 1.29 is 4.79 Å². The third-order valence-electron chi connectivity index (χ3n) is 3.89. The molecule has 1 heterocycles. The molecular formula is C16H25N3O. The molecule has 1 fully saturated rings. The Morgan fingerprint density at radius 2 is 2.15 bits per heavy atom. The molecule has 4 nitrogen and oxygen atoms in total. The lowest BCUT2D eigenvalue weighted by atomic mass is 10.0. The Labute approximate surface area is 121 Å². The zero-order valence-electron chi connectivity index (χ0n) is 12.9. The molecule has 1 atom stereocenters. The molecule has 2 rings (SSSR count). The first-order chi connectivity index (χ1) is 9.47. The van der Waals surface area contributed by atoms with Crippen molar-refractivity contribution in [3.8, 4) is 0 Å². The van der Waals surface area contributed by atoms with Crippen LogP contribution in [-0.2, 0) is 0 Å². The van der Waals surface area contributed by atoms with Crippen molar-refractivity contribution in [2.45, 2.75) is 26.7 Å². The number of carbonyl (C=O) groups excluding carboxylic acids is 1. The van der Waals surface area contributed by atoms with E-state index in [1.807, 2.05) is 37.2 Å². The largest absolute Gasteiger partial charge is 0.377 e. The Morgan fingerprint density at radius 3 is 2.80 bits per heavy atom. The van der Waals surface area contributed by atoms with Crippen LogP contribution in [0.4, 0.5) is 16.2 Å². The van der Waals surface area contributed by atoms with E-state index < -0.39 is 0 Å². The van der Waals surface area contributed by atoms with E-state index in [0.29, 0.717) is 5.92 Å². The summed E-state index contributed by atoms with van der Waals surface area (Å²) in [6, 6.07) is 6.06. The van der Waals surface area contributed by atoms with Crippen LogP contribution in [-0.4, -0.2) is 38.1 Å². The Hall–Kier alpha value is -1.71. The second-order valence-electron chi connectivity index (χ2n) is 6.02. The van der Waals surface area contributed by atoms with Gasteiger partial charge in [-0.25, -0.2) is 4.79 Å². The summed E-state index contributed by atoms with van der Waals surface area (Å²) < 4.78 is 0. The third-order valence-corrected chi connectivity index (χ3v) is 3.89. The summed E-state index contributed by atoms with van der Waals surface area (Å²) in [5.74, 6) is 0.602. The van der Waals surface area contributed by atoms with Crippen LogP contribution < -0.4 is 10.2 Å². The van der Waals surface area contributed by atoms with Gasteiger partial charge in [-0.3, -0.25) is 0 Å². The normalized spacial score (nSPS) is 18.8. The van der Waals surface area contributed by atoms with Crippen molar-refractivity contribution in [2.75, 3.05) is 37.4 Å². The molecule has 1 saturated heterocycles. The van der Waals surface area contributed by atoms with Gasteiger partial charge in [0, 0.05) is 38.6 Å². The van der Waals surface area contributed by atoms with Crippen LogP contribution >= 0.6 is 0 Å². The fourth-order valence-corrected chi connectivity index (χ4v) is 2.75. The van der Waals surface area contributed by atoms with Crippen LogP contribution in [0.3, 0.4) is 0 Å². The van der Waals surface area contributed by atoms with E-state index in [0.717, 1.165) is 30.9 Å². The van der Waals surface area contributed by atoms with Gasteiger partial charge in [-0.15, -0.1) is 0 Å². The Balaban J connectivity index is 2.06. The summed E-state index contributed by atoms with van der Waals surface area (Å²) in [4.78, 5) is 16.3. The van der Waals surface area contributed by atoms with E-state index >= 15 is 0 Å². The second-order valence-corrected chi connectivity index (χ2v) is 6.02. The number of urea groups is 1. The van der Waals surface area contributed by atoms with E-state index in [1.165, 1.54) is 12.0 Å². The van der Waals surface area contributed by atoms with Gasteiger partial charge >= 0.3 is 6.03 Å². The first-order valence-electron chi connectivity index (χ1n) is 7.31. The first-order valence-corrected chi connectivity index (χ1v) is 7.31. The Morgan fingerprint density at radius 1 is 1.40 bits per heavy atom. The number of hydrogen-bond acceptors (Lipinski definition) is 2. The summed E-state index contributed by atoms with van der Waals surface area (Å²) in [5, 5.41) is 3.01. The van der Waals surface area contributed by atoms with Crippen molar-refractivity contribution >= 4 is 17.4 Å².